The number of nitrogens with zero attached hydrogens (tertiary/aromatic N) is 2. The van der Waals surface area contributed by atoms with E-state index in [0.717, 1.165) is 12.0 Å². The molecule has 1 aliphatic heterocycles. The molecule has 120 valence electrons. The molecule has 1 aromatic carbocycles. The summed E-state index contributed by atoms with van der Waals surface area (Å²) in [5.41, 5.74) is 3.26. The van der Waals surface area contributed by atoms with Crippen LogP contribution in [0, 0.1) is 0 Å². The molecule has 2 amide bonds. The van der Waals surface area contributed by atoms with Crippen LogP contribution in [0.4, 0.5) is 0 Å². The van der Waals surface area contributed by atoms with Crippen molar-refractivity contribution in [2.24, 2.45) is 0 Å². The van der Waals surface area contributed by atoms with Gasteiger partial charge in [-0.25, -0.2) is 5.48 Å². The van der Waals surface area contributed by atoms with Crippen molar-refractivity contribution >= 4 is 23.4 Å². The van der Waals surface area contributed by atoms with Gasteiger partial charge in [0.05, 0.1) is 5.56 Å². The number of hydroxylamine groups is 1. The van der Waals surface area contributed by atoms with Gasteiger partial charge in [-0.1, -0.05) is 23.7 Å². The zero-order valence-corrected chi connectivity index (χ0v) is 13.1. The molecule has 0 saturated heterocycles. The van der Waals surface area contributed by atoms with Gasteiger partial charge in [0, 0.05) is 30.9 Å². The Morgan fingerprint density at radius 2 is 2.13 bits per heavy atom. The van der Waals surface area contributed by atoms with Crippen molar-refractivity contribution in [1.29, 1.82) is 0 Å². The molecule has 0 unspecified atom stereocenters. The molecule has 1 aliphatic rings. The van der Waals surface area contributed by atoms with Gasteiger partial charge < -0.3 is 9.47 Å². The van der Waals surface area contributed by atoms with Crippen LogP contribution in [0.1, 0.15) is 32.8 Å². The first-order valence-electron chi connectivity index (χ1n) is 7.27. The van der Waals surface area contributed by atoms with Crippen molar-refractivity contribution in [2.75, 3.05) is 6.54 Å². The van der Waals surface area contributed by atoms with Crippen molar-refractivity contribution in [3.63, 3.8) is 0 Å². The normalized spacial score (nSPS) is 14.3. The molecule has 0 aliphatic carbocycles. The molecule has 0 atom stereocenters. The van der Waals surface area contributed by atoms with E-state index in [1.807, 2.05) is 18.2 Å². The zero-order valence-electron chi connectivity index (χ0n) is 12.3. The molecular weight excluding hydrogens is 318 g/mol. The number of carbonyl (C=O) groups excluding carboxylic acids is 2. The lowest BCUT2D eigenvalue weighted by atomic mass is 10.2. The fraction of sp³-hybridized carbons (Fsp3) is 0.250. The van der Waals surface area contributed by atoms with Crippen LogP contribution in [0.2, 0.25) is 5.02 Å². The smallest absolute Gasteiger partial charge is 0.276 e. The van der Waals surface area contributed by atoms with Gasteiger partial charge in [0.25, 0.3) is 11.8 Å². The standard InChI is InChI=1S/C16H16ClN3O3/c17-13-4-1-3-11(7-13)9-20-6-2-5-19-10-12(15(21)18-23)8-14(19)16(20)22/h1,3-4,7-8,10,23H,2,5-6,9H2,(H,18,21). The molecule has 3 rings (SSSR count). The third kappa shape index (κ3) is 3.23. The van der Waals surface area contributed by atoms with Gasteiger partial charge in [-0.15, -0.1) is 0 Å². The van der Waals surface area contributed by atoms with Crippen molar-refractivity contribution in [2.45, 2.75) is 19.5 Å². The number of rotatable bonds is 3. The minimum atomic E-state index is -0.625. The van der Waals surface area contributed by atoms with E-state index in [1.54, 1.807) is 27.2 Å². The lowest BCUT2D eigenvalue weighted by Crippen LogP contribution is -2.30. The fourth-order valence-electron chi connectivity index (χ4n) is 2.77. The summed E-state index contributed by atoms with van der Waals surface area (Å²) in [7, 11) is 0. The molecule has 1 aromatic heterocycles. The number of aryl methyl sites for hydroxylation is 1. The number of nitrogens with one attached hydrogen (secondary N) is 1. The Kier molecular flexibility index (Phi) is 4.36. The first kappa shape index (κ1) is 15.6. The van der Waals surface area contributed by atoms with E-state index in [-0.39, 0.29) is 11.5 Å². The molecule has 6 nitrogen and oxygen atoms in total. The molecular formula is C16H16ClN3O3. The highest BCUT2D eigenvalue weighted by molar-refractivity contribution is 6.30. The van der Waals surface area contributed by atoms with Crippen LogP contribution in [0.15, 0.2) is 36.5 Å². The van der Waals surface area contributed by atoms with Crippen LogP contribution >= 0.6 is 11.6 Å². The van der Waals surface area contributed by atoms with Gasteiger partial charge in [0.15, 0.2) is 0 Å². The second-order valence-electron chi connectivity index (χ2n) is 5.46. The van der Waals surface area contributed by atoms with Crippen LogP contribution in [-0.4, -0.2) is 33.0 Å². The van der Waals surface area contributed by atoms with Crippen LogP contribution in [0.25, 0.3) is 0 Å². The predicted molar refractivity (Wildman–Crippen MR) is 84.5 cm³/mol. The first-order valence-corrected chi connectivity index (χ1v) is 7.64. The highest BCUT2D eigenvalue weighted by atomic mass is 35.5. The maximum atomic E-state index is 12.7. The molecule has 23 heavy (non-hydrogen) atoms. The number of halogens is 1. The van der Waals surface area contributed by atoms with Crippen LogP contribution < -0.4 is 5.48 Å². The average molecular weight is 334 g/mol. The number of aromatic nitrogens is 1. The second kappa shape index (κ2) is 6.44. The van der Waals surface area contributed by atoms with Crippen LogP contribution in [0.5, 0.6) is 0 Å². The third-order valence-electron chi connectivity index (χ3n) is 3.86. The van der Waals surface area contributed by atoms with Crippen molar-refractivity contribution in [3.05, 3.63) is 58.4 Å². The van der Waals surface area contributed by atoms with Gasteiger partial charge in [-0.2, -0.15) is 0 Å². The summed E-state index contributed by atoms with van der Waals surface area (Å²) in [5, 5.41) is 9.36. The van der Waals surface area contributed by atoms with E-state index in [1.165, 1.54) is 6.07 Å². The minimum Gasteiger partial charge on any atom is -0.343 e. The Labute approximate surface area is 138 Å². The summed E-state index contributed by atoms with van der Waals surface area (Å²) in [6, 6.07) is 8.91. The Balaban J connectivity index is 1.86. The maximum absolute atomic E-state index is 12.7. The summed E-state index contributed by atoms with van der Waals surface area (Å²) in [5.74, 6) is -0.765. The number of amides is 2. The van der Waals surface area contributed by atoms with Gasteiger partial charge in [-0.3, -0.25) is 14.8 Å². The second-order valence-corrected chi connectivity index (χ2v) is 5.89. The van der Waals surface area contributed by atoms with Crippen molar-refractivity contribution in [1.82, 2.24) is 14.9 Å². The predicted octanol–water partition coefficient (Wildman–Crippen LogP) is 2.31. The number of fused-ring (bicyclic) bond motifs is 1. The first-order chi connectivity index (χ1) is 11.1. The van der Waals surface area contributed by atoms with E-state index >= 15 is 0 Å². The van der Waals surface area contributed by atoms with Crippen LogP contribution in [0.3, 0.4) is 0 Å². The van der Waals surface area contributed by atoms with E-state index in [0.29, 0.717) is 30.4 Å². The molecule has 0 saturated carbocycles. The lowest BCUT2D eigenvalue weighted by Gasteiger charge is -2.20. The number of hydrogen-bond donors (Lipinski definition) is 2. The molecule has 0 fully saturated rings. The van der Waals surface area contributed by atoms with Crippen molar-refractivity contribution < 1.29 is 14.8 Å². The van der Waals surface area contributed by atoms with Crippen molar-refractivity contribution in [3.8, 4) is 0 Å². The molecule has 0 spiro atoms. The minimum absolute atomic E-state index is 0.139. The van der Waals surface area contributed by atoms with Gasteiger partial charge in [0.1, 0.15) is 5.69 Å². The van der Waals surface area contributed by atoms with E-state index < -0.39 is 5.91 Å². The molecule has 7 heteroatoms. The highest BCUT2D eigenvalue weighted by Gasteiger charge is 2.25. The van der Waals surface area contributed by atoms with Gasteiger partial charge >= 0.3 is 0 Å². The molecule has 2 aromatic rings. The summed E-state index contributed by atoms with van der Waals surface area (Å²) >= 11 is 5.99. The summed E-state index contributed by atoms with van der Waals surface area (Å²) in [6.45, 7) is 1.74. The summed E-state index contributed by atoms with van der Waals surface area (Å²) in [4.78, 5) is 26.0. The highest BCUT2D eigenvalue weighted by Crippen LogP contribution is 2.19. The molecule has 0 radical (unpaired) electrons. The van der Waals surface area contributed by atoms with Gasteiger partial charge in [-0.05, 0) is 30.2 Å². The monoisotopic (exact) mass is 333 g/mol. The maximum Gasteiger partial charge on any atom is 0.276 e. The lowest BCUT2D eigenvalue weighted by molar-refractivity contribution is 0.0706. The van der Waals surface area contributed by atoms with E-state index in [2.05, 4.69) is 0 Å². The quantitative estimate of drug-likeness (QED) is 0.668. The largest absolute Gasteiger partial charge is 0.343 e. The Bertz CT molecular complexity index is 757. The zero-order chi connectivity index (χ0) is 16.4. The molecule has 2 N–H and O–H groups in total. The topological polar surface area (TPSA) is 74.6 Å². The van der Waals surface area contributed by atoms with E-state index in [9.17, 15) is 9.59 Å². The number of carbonyl (C=O) groups is 2. The summed E-state index contributed by atoms with van der Waals surface area (Å²) < 4.78 is 1.75. The van der Waals surface area contributed by atoms with E-state index in [4.69, 9.17) is 16.8 Å². The summed E-state index contributed by atoms with van der Waals surface area (Å²) in [6.07, 6.45) is 2.37. The SMILES string of the molecule is O=C(NO)c1cc2n(c1)CCCN(Cc1cccc(Cl)c1)C2=O. The Morgan fingerprint density at radius 3 is 2.87 bits per heavy atom. The average Bonchev–Trinajstić information content (AvgIpc) is 2.91. The van der Waals surface area contributed by atoms with Crippen LogP contribution in [-0.2, 0) is 13.1 Å². The Hall–Kier alpha value is -2.31. The fourth-order valence-corrected chi connectivity index (χ4v) is 2.98. The molecule has 0 bridgehead atoms. The number of hydrogen-bond acceptors (Lipinski definition) is 3. The van der Waals surface area contributed by atoms with Gasteiger partial charge in [0.2, 0.25) is 0 Å². The molecule has 2 heterocycles. The Morgan fingerprint density at radius 1 is 1.30 bits per heavy atom. The third-order valence-corrected chi connectivity index (χ3v) is 4.09. The number of benzene rings is 1.